The van der Waals surface area contributed by atoms with Gasteiger partial charge in [0, 0.05) is 5.41 Å². The lowest BCUT2D eigenvalue weighted by molar-refractivity contribution is -0.131. The van der Waals surface area contributed by atoms with Crippen LogP contribution in [-0.2, 0) is 9.59 Å². The lowest BCUT2D eigenvalue weighted by atomic mass is 9.77. The van der Waals surface area contributed by atoms with Gasteiger partial charge < -0.3 is 10.1 Å². The van der Waals surface area contributed by atoms with E-state index in [1.165, 1.54) is 0 Å². The van der Waals surface area contributed by atoms with Crippen LogP contribution >= 0.6 is 0 Å². The molecule has 16 heavy (non-hydrogen) atoms. The van der Waals surface area contributed by atoms with Crippen LogP contribution in [0.3, 0.4) is 0 Å². The number of hydrogen-bond donors (Lipinski definition) is 1. The molecule has 3 heteroatoms. The van der Waals surface area contributed by atoms with Crippen molar-refractivity contribution in [3.05, 3.63) is 12.2 Å². The molecule has 0 saturated heterocycles. The number of nitrogens with one attached hydrogen (secondary N) is 1. The number of rotatable bonds is 3. The van der Waals surface area contributed by atoms with E-state index >= 15 is 0 Å². The Morgan fingerprint density at radius 1 is 1.56 bits per heavy atom. The van der Waals surface area contributed by atoms with Gasteiger partial charge in [0.25, 0.3) is 0 Å². The molecule has 0 radical (unpaired) electrons. The Morgan fingerprint density at radius 2 is 2.31 bits per heavy atom. The SMILES string of the molecule is CC1/C=C/CCC(C)(C(=O)NCC=O)CC1. The maximum atomic E-state index is 12.0. The summed E-state index contributed by atoms with van der Waals surface area (Å²) in [5.41, 5.74) is -0.317. The third kappa shape index (κ3) is 3.47. The van der Waals surface area contributed by atoms with Crippen LogP contribution in [-0.4, -0.2) is 18.7 Å². The molecule has 2 unspecified atom stereocenters. The predicted octanol–water partition coefficient (Wildman–Crippen LogP) is 2.07. The Labute approximate surface area is 97.3 Å². The summed E-state index contributed by atoms with van der Waals surface area (Å²) in [4.78, 5) is 22.2. The molecule has 0 fully saturated rings. The van der Waals surface area contributed by atoms with Gasteiger partial charge in [0.1, 0.15) is 6.29 Å². The number of allylic oxidation sites excluding steroid dienone is 2. The van der Waals surface area contributed by atoms with Crippen molar-refractivity contribution in [2.75, 3.05) is 6.54 Å². The van der Waals surface area contributed by atoms with Crippen molar-refractivity contribution in [2.45, 2.75) is 39.5 Å². The summed E-state index contributed by atoms with van der Waals surface area (Å²) in [5.74, 6) is 0.556. The molecule has 0 bridgehead atoms. The normalized spacial score (nSPS) is 32.2. The van der Waals surface area contributed by atoms with Crippen LogP contribution in [0.25, 0.3) is 0 Å². The van der Waals surface area contributed by atoms with Gasteiger partial charge in [0.2, 0.25) is 5.91 Å². The number of hydrogen-bond acceptors (Lipinski definition) is 2. The van der Waals surface area contributed by atoms with Gasteiger partial charge in [-0.05, 0) is 31.6 Å². The van der Waals surface area contributed by atoms with Gasteiger partial charge in [-0.1, -0.05) is 26.0 Å². The lowest BCUT2D eigenvalue weighted by Gasteiger charge is -2.30. The van der Waals surface area contributed by atoms with Gasteiger partial charge >= 0.3 is 0 Å². The Kier molecular flexibility index (Phi) is 4.71. The molecule has 1 rings (SSSR count). The third-order valence-corrected chi connectivity index (χ3v) is 3.37. The van der Waals surface area contributed by atoms with Crippen molar-refractivity contribution in [1.29, 1.82) is 0 Å². The van der Waals surface area contributed by atoms with Gasteiger partial charge in [-0.2, -0.15) is 0 Å². The van der Waals surface area contributed by atoms with E-state index in [4.69, 9.17) is 0 Å². The summed E-state index contributed by atoms with van der Waals surface area (Å²) >= 11 is 0. The maximum Gasteiger partial charge on any atom is 0.226 e. The highest BCUT2D eigenvalue weighted by Gasteiger charge is 2.32. The van der Waals surface area contributed by atoms with E-state index in [9.17, 15) is 9.59 Å². The van der Waals surface area contributed by atoms with Crippen LogP contribution in [0.2, 0.25) is 0 Å². The van der Waals surface area contributed by atoms with Crippen molar-refractivity contribution in [3.8, 4) is 0 Å². The number of aldehydes is 1. The van der Waals surface area contributed by atoms with Crippen molar-refractivity contribution in [2.24, 2.45) is 11.3 Å². The summed E-state index contributed by atoms with van der Waals surface area (Å²) < 4.78 is 0. The molecular formula is C13H21NO2. The van der Waals surface area contributed by atoms with Crippen LogP contribution in [0, 0.1) is 11.3 Å². The molecule has 90 valence electrons. The summed E-state index contributed by atoms with van der Waals surface area (Å²) in [6.45, 7) is 4.30. The first kappa shape index (κ1) is 12.9. The Bertz CT molecular complexity index is 286. The second kappa shape index (κ2) is 5.83. The van der Waals surface area contributed by atoms with Gasteiger partial charge in [-0.3, -0.25) is 4.79 Å². The van der Waals surface area contributed by atoms with Crippen LogP contribution in [0.5, 0.6) is 0 Å². The average molecular weight is 223 g/mol. The Morgan fingerprint density at radius 3 is 3.00 bits per heavy atom. The fraction of sp³-hybridized carbons (Fsp3) is 0.692. The van der Waals surface area contributed by atoms with Crippen LogP contribution in [0.4, 0.5) is 0 Å². The molecule has 1 N–H and O–H groups in total. The minimum Gasteiger partial charge on any atom is -0.349 e. The van der Waals surface area contributed by atoms with E-state index in [0.717, 1.165) is 32.0 Å². The van der Waals surface area contributed by atoms with Crippen LogP contribution < -0.4 is 5.32 Å². The molecule has 2 atom stereocenters. The lowest BCUT2D eigenvalue weighted by Crippen LogP contribution is -2.40. The summed E-state index contributed by atoms with van der Waals surface area (Å²) in [5, 5.41) is 2.67. The largest absolute Gasteiger partial charge is 0.349 e. The van der Waals surface area contributed by atoms with Crippen molar-refractivity contribution >= 4 is 12.2 Å². The Hall–Kier alpha value is -1.12. The van der Waals surface area contributed by atoms with Crippen molar-refractivity contribution in [3.63, 3.8) is 0 Å². The van der Waals surface area contributed by atoms with Gasteiger partial charge in [-0.15, -0.1) is 0 Å². The first-order valence-electron chi connectivity index (χ1n) is 5.97. The molecule has 0 spiro atoms. The van der Waals surface area contributed by atoms with E-state index in [1.807, 2.05) is 6.92 Å². The fourth-order valence-electron chi connectivity index (χ4n) is 2.07. The highest BCUT2D eigenvalue weighted by molar-refractivity contribution is 5.83. The molecule has 1 amide bonds. The van der Waals surface area contributed by atoms with Crippen molar-refractivity contribution < 1.29 is 9.59 Å². The molecule has 1 aliphatic rings. The van der Waals surface area contributed by atoms with Gasteiger partial charge in [-0.25, -0.2) is 0 Å². The predicted molar refractivity (Wildman–Crippen MR) is 64.0 cm³/mol. The monoisotopic (exact) mass is 223 g/mol. The van der Waals surface area contributed by atoms with E-state index in [1.54, 1.807) is 0 Å². The summed E-state index contributed by atoms with van der Waals surface area (Å²) in [6, 6.07) is 0. The third-order valence-electron chi connectivity index (χ3n) is 3.37. The second-order valence-electron chi connectivity index (χ2n) is 4.92. The minimum atomic E-state index is -0.317. The topological polar surface area (TPSA) is 46.2 Å². The van der Waals surface area contributed by atoms with Crippen LogP contribution in [0.1, 0.15) is 39.5 Å². The minimum absolute atomic E-state index is 0.0158. The van der Waals surface area contributed by atoms with E-state index < -0.39 is 0 Å². The number of amides is 1. The van der Waals surface area contributed by atoms with Crippen LogP contribution in [0.15, 0.2) is 12.2 Å². The zero-order chi connectivity index (χ0) is 12.0. The standard InChI is InChI=1S/C13H21NO2/c1-11-5-3-4-7-13(2,8-6-11)12(16)14-9-10-15/h3,5,10-11H,4,6-9H2,1-2H3,(H,14,16)/b5-3+. The highest BCUT2D eigenvalue weighted by Crippen LogP contribution is 2.33. The zero-order valence-corrected chi connectivity index (χ0v) is 10.2. The first-order valence-corrected chi connectivity index (χ1v) is 5.97. The number of carbonyl (C=O) groups is 2. The molecule has 3 nitrogen and oxygen atoms in total. The molecule has 0 saturated carbocycles. The first-order chi connectivity index (χ1) is 7.58. The molecule has 0 aromatic carbocycles. The average Bonchev–Trinajstić information content (AvgIpc) is 2.26. The highest BCUT2D eigenvalue weighted by atomic mass is 16.2. The van der Waals surface area contributed by atoms with E-state index in [2.05, 4.69) is 24.4 Å². The van der Waals surface area contributed by atoms with E-state index in [0.29, 0.717) is 5.92 Å². The van der Waals surface area contributed by atoms with Crippen molar-refractivity contribution in [1.82, 2.24) is 5.32 Å². The number of carbonyl (C=O) groups excluding carboxylic acids is 2. The fourth-order valence-corrected chi connectivity index (χ4v) is 2.07. The second-order valence-corrected chi connectivity index (χ2v) is 4.92. The summed E-state index contributed by atoms with van der Waals surface area (Å²) in [7, 11) is 0. The molecular weight excluding hydrogens is 202 g/mol. The smallest absolute Gasteiger partial charge is 0.226 e. The quantitative estimate of drug-likeness (QED) is 0.588. The molecule has 0 heterocycles. The molecule has 0 aromatic heterocycles. The molecule has 0 aromatic rings. The molecule has 0 aliphatic heterocycles. The Balaban J connectivity index is 2.63. The molecule has 1 aliphatic carbocycles. The van der Waals surface area contributed by atoms with Gasteiger partial charge in [0.15, 0.2) is 0 Å². The summed E-state index contributed by atoms with van der Waals surface area (Å²) in [6.07, 6.45) is 8.84. The maximum absolute atomic E-state index is 12.0. The van der Waals surface area contributed by atoms with E-state index in [-0.39, 0.29) is 17.9 Å². The van der Waals surface area contributed by atoms with Gasteiger partial charge in [0.05, 0.1) is 6.54 Å². The zero-order valence-electron chi connectivity index (χ0n) is 10.2.